The fourth-order valence-electron chi connectivity index (χ4n) is 8.37. The molecular weight excluding hydrogens is 384 g/mol. The van der Waals surface area contributed by atoms with Crippen LogP contribution >= 0.6 is 0 Å². The molecule has 9 atom stereocenters. The first-order valence-corrected chi connectivity index (χ1v) is 11.5. The second kappa shape index (κ2) is 7.14. The van der Waals surface area contributed by atoms with Crippen molar-refractivity contribution in [1.82, 2.24) is 0 Å². The molecule has 4 fully saturated rings. The molecule has 5 rings (SSSR count). The van der Waals surface area contributed by atoms with Crippen LogP contribution in [0.25, 0.3) is 0 Å². The number of fused-ring (bicyclic) bond motifs is 5. The topological polar surface area (TPSA) is 82.1 Å². The minimum Gasteiger partial charge on any atom is -0.469 e. The molecule has 1 saturated heterocycles. The molecule has 1 aliphatic heterocycles. The Bertz CT molecular complexity index is 770. The summed E-state index contributed by atoms with van der Waals surface area (Å²) in [4.78, 5) is 25.1. The number of hydrogen-bond acceptors (Lipinski definition) is 6. The normalized spacial score (nSPS) is 50.3. The van der Waals surface area contributed by atoms with Crippen LogP contribution in [0.2, 0.25) is 0 Å². The summed E-state index contributed by atoms with van der Waals surface area (Å²) >= 11 is 0. The first-order valence-electron chi connectivity index (χ1n) is 11.5. The molecule has 30 heavy (non-hydrogen) atoms. The van der Waals surface area contributed by atoms with Gasteiger partial charge in [0.05, 0.1) is 31.8 Å². The van der Waals surface area contributed by atoms with Crippen molar-refractivity contribution in [2.75, 3.05) is 20.5 Å². The molecule has 6 heteroatoms. The monoisotopic (exact) mass is 418 g/mol. The van der Waals surface area contributed by atoms with Gasteiger partial charge in [0.2, 0.25) is 0 Å². The summed E-state index contributed by atoms with van der Waals surface area (Å²) in [5.41, 5.74) is 0.542. The Balaban J connectivity index is 1.54. The van der Waals surface area contributed by atoms with Crippen molar-refractivity contribution in [3.8, 4) is 0 Å². The molecule has 0 aromatic heterocycles. The second-order valence-electron chi connectivity index (χ2n) is 10.7. The quantitative estimate of drug-likeness (QED) is 0.695. The van der Waals surface area contributed by atoms with Crippen LogP contribution in [-0.2, 0) is 23.8 Å². The smallest absolute Gasteiger partial charge is 0.312 e. The number of ether oxygens (including phenoxy) is 3. The standard InChI is InChI=1S/C24H34O6/c1-23-7-6-13(25)8-18(23)15(22(27)28-3)9-14-16-4-5-17(20-11-29-12-30-20)24(16,2)10-19(26)21(14)23/h8,14-17,19-21,26H,4-7,9-12H2,1-3H3/t14-,15-,16-,17+,19-,20?,21+,23-,24-/m0/s1. The first kappa shape index (κ1) is 20.7. The molecule has 0 radical (unpaired) electrons. The Morgan fingerprint density at radius 2 is 2.03 bits per heavy atom. The van der Waals surface area contributed by atoms with E-state index in [0.717, 1.165) is 24.8 Å². The number of aliphatic hydroxyl groups is 1. The van der Waals surface area contributed by atoms with Gasteiger partial charge in [-0.3, -0.25) is 9.59 Å². The van der Waals surface area contributed by atoms with Gasteiger partial charge in [0.1, 0.15) is 6.79 Å². The molecule has 166 valence electrons. The van der Waals surface area contributed by atoms with Gasteiger partial charge in [-0.05, 0) is 78.3 Å². The van der Waals surface area contributed by atoms with E-state index < -0.39 is 6.10 Å². The van der Waals surface area contributed by atoms with Crippen LogP contribution in [0.3, 0.4) is 0 Å². The number of aliphatic hydroxyl groups excluding tert-OH is 1. The summed E-state index contributed by atoms with van der Waals surface area (Å²) in [7, 11) is 1.43. The minimum absolute atomic E-state index is 0.0261. The van der Waals surface area contributed by atoms with Crippen LogP contribution in [0, 0.1) is 40.4 Å². The minimum atomic E-state index is -0.445. The van der Waals surface area contributed by atoms with Crippen molar-refractivity contribution in [3.05, 3.63) is 11.6 Å². The van der Waals surface area contributed by atoms with Crippen LogP contribution in [0.4, 0.5) is 0 Å². The van der Waals surface area contributed by atoms with Gasteiger partial charge in [0.25, 0.3) is 0 Å². The summed E-state index contributed by atoms with van der Waals surface area (Å²) in [5, 5.41) is 11.5. The van der Waals surface area contributed by atoms with Gasteiger partial charge in [0, 0.05) is 6.42 Å². The fraction of sp³-hybridized carbons (Fsp3) is 0.833. The predicted octanol–water partition coefficient (Wildman–Crippen LogP) is 2.88. The lowest BCUT2D eigenvalue weighted by Crippen LogP contribution is -2.59. The van der Waals surface area contributed by atoms with E-state index in [1.807, 2.05) is 0 Å². The van der Waals surface area contributed by atoms with E-state index in [9.17, 15) is 14.7 Å². The lowest BCUT2D eigenvalue weighted by atomic mass is 9.44. The zero-order valence-electron chi connectivity index (χ0n) is 18.3. The van der Waals surface area contributed by atoms with Crippen molar-refractivity contribution in [2.24, 2.45) is 40.4 Å². The van der Waals surface area contributed by atoms with E-state index in [1.165, 1.54) is 7.11 Å². The molecular formula is C24H34O6. The van der Waals surface area contributed by atoms with Crippen LogP contribution in [0.1, 0.15) is 52.4 Å². The second-order valence-corrected chi connectivity index (χ2v) is 10.7. The summed E-state index contributed by atoms with van der Waals surface area (Å²) in [6, 6.07) is 0. The maximum Gasteiger partial charge on any atom is 0.312 e. The Morgan fingerprint density at radius 1 is 1.27 bits per heavy atom. The van der Waals surface area contributed by atoms with Gasteiger partial charge < -0.3 is 19.3 Å². The molecule has 0 bridgehead atoms. The van der Waals surface area contributed by atoms with Gasteiger partial charge >= 0.3 is 5.97 Å². The van der Waals surface area contributed by atoms with E-state index in [4.69, 9.17) is 14.2 Å². The molecule has 4 aliphatic carbocycles. The third-order valence-corrected chi connectivity index (χ3v) is 9.59. The molecule has 1 unspecified atom stereocenters. The van der Waals surface area contributed by atoms with Crippen molar-refractivity contribution in [3.63, 3.8) is 0 Å². The van der Waals surface area contributed by atoms with Crippen LogP contribution < -0.4 is 0 Å². The maximum atomic E-state index is 12.8. The predicted molar refractivity (Wildman–Crippen MR) is 108 cm³/mol. The number of carbonyl (C=O) groups excluding carboxylic acids is 2. The number of methoxy groups -OCH3 is 1. The van der Waals surface area contributed by atoms with E-state index >= 15 is 0 Å². The number of ketones is 1. The molecule has 1 N–H and O–H groups in total. The molecule has 5 aliphatic rings. The van der Waals surface area contributed by atoms with Gasteiger partial charge in [-0.2, -0.15) is 0 Å². The summed E-state index contributed by atoms with van der Waals surface area (Å²) < 4.78 is 16.6. The summed E-state index contributed by atoms with van der Waals surface area (Å²) in [6.07, 6.45) is 6.13. The maximum absolute atomic E-state index is 12.8. The lowest BCUT2D eigenvalue weighted by Gasteiger charge is -2.61. The third-order valence-electron chi connectivity index (χ3n) is 9.59. The zero-order chi connectivity index (χ0) is 21.3. The van der Waals surface area contributed by atoms with Crippen molar-refractivity contribution in [1.29, 1.82) is 0 Å². The number of carbonyl (C=O) groups is 2. The largest absolute Gasteiger partial charge is 0.469 e. The first-order chi connectivity index (χ1) is 14.3. The molecule has 0 aromatic rings. The zero-order valence-corrected chi connectivity index (χ0v) is 18.3. The summed E-state index contributed by atoms with van der Waals surface area (Å²) in [5.74, 6) is 0.581. The van der Waals surface area contributed by atoms with E-state index in [2.05, 4.69) is 13.8 Å². The van der Waals surface area contributed by atoms with Gasteiger partial charge in [-0.15, -0.1) is 0 Å². The van der Waals surface area contributed by atoms with Crippen molar-refractivity contribution in [2.45, 2.75) is 64.6 Å². The van der Waals surface area contributed by atoms with Gasteiger partial charge in [-0.25, -0.2) is 0 Å². The SMILES string of the molecule is COC(=O)[C@H]1C[C@@H]2[C@H]([C@@H](O)C[C@]3(C)[C@@H](C4COCO4)CC[C@@H]23)[C@@]2(C)CCC(=O)C=C12. The van der Waals surface area contributed by atoms with Crippen LogP contribution in [0.15, 0.2) is 11.6 Å². The molecule has 0 amide bonds. The highest BCUT2D eigenvalue weighted by molar-refractivity contribution is 5.93. The van der Waals surface area contributed by atoms with Crippen molar-refractivity contribution < 1.29 is 28.9 Å². The average Bonchev–Trinajstić information content (AvgIpc) is 3.34. The molecule has 3 saturated carbocycles. The number of esters is 1. The van der Waals surface area contributed by atoms with E-state index in [-0.39, 0.29) is 46.4 Å². The molecule has 0 spiro atoms. The lowest BCUT2D eigenvalue weighted by molar-refractivity contribution is -0.163. The number of hydrogen-bond donors (Lipinski definition) is 1. The Hall–Kier alpha value is -1.24. The highest BCUT2D eigenvalue weighted by Gasteiger charge is 2.65. The third kappa shape index (κ3) is 2.79. The Kier molecular flexibility index (Phi) is 4.92. The Morgan fingerprint density at radius 3 is 2.73 bits per heavy atom. The highest BCUT2D eigenvalue weighted by Crippen LogP contribution is 2.68. The average molecular weight is 419 g/mol. The molecule has 6 nitrogen and oxygen atoms in total. The number of rotatable bonds is 2. The van der Waals surface area contributed by atoms with Crippen LogP contribution in [-0.4, -0.2) is 49.6 Å². The van der Waals surface area contributed by atoms with E-state index in [0.29, 0.717) is 44.5 Å². The van der Waals surface area contributed by atoms with Gasteiger partial charge in [-0.1, -0.05) is 13.8 Å². The molecule has 1 heterocycles. The Labute approximate surface area is 178 Å². The fourth-order valence-corrected chi connectivity index (χ4v) is 8.37. The highest BCUT2D eigenvalue weighted by atomic mass is 16.7. The summed E-state index contributed by atoms with van der Waals surface area (Å²) in [6.45, 7) is 5.49. The van der Waals surface area contributed by atoms with Crippen LogP contribution in [0.5, 0.6) is 0 Å². The molecule has 0 aromatic carbocycles. The van der Waals surface area contributed by atoms with E-state index in [1.54, 1.807) is 6.08 Å². The van der Waals surface area contributed by atoms with Gasteiger partial charge in [0.15, 0.2) is 5.78 Å². The van der Waals surface area contributed by atoms with Crippen molar-refractivity contribution >= 4 is 11.8 Å².